The largest absolute Gasteiger partial charge is 0.468 e. The van der Waals surface area contributed by atoms with Crippen molar-refractivity contribution in [1.82, 2.24) is 10.3 Å². The Morgan fingerprint density at radius 2 is 2.11 bits per heavy atom. The van der Waals surface area contributed by atoms with Crippen LogP contribution in [0.15, 0.2) is 48.8 Å². The molecule has 1 aromatic heterocycles. The lowest BCUT2D eigenvalue weighted by atomic mass is 10.0. The fourth-order valence-electron chi connectivity index (χ4n) is 1.78. The molecule has 0 saturated heterocycles. The van der Waals surface area contributed by atoms with Crippen molar-refractivity contribution >= 4 is 5.97 Å². The molecule has 2 aromatic rings. The maximum absolute atomic E-state index is 11.0. The second-order valence-electron chi connectivity index (χ2n) is 4.12. The van der Waals surface area contributed by atoms with Gasteiger partial charge in [0.2, 0.25) is 0 Å². The number of rotatable bonds is 5. The Morgan fingerprint density at radius 1 is 1.26 bits per heavy atom. The number of hydrogen-bond acceptors (Lipinski definition) is 4. The maximum Gasteiger partial charge on any atom is 0.319 e. The Labute approximate surface area is 112 Å². The number of nitrogens with zero attached hydrogens (tertiary/aromatic N) is 1. The molecule has 0 atom stereocenters. The highest BCUT2D eigenvalue weighted by Crippen LogP contribution is 2.18. The van der Waals surface area contributed by atoms with Gasteiger partial charge in [0.1, 0.15) is 0 Å². The van der Waals surface area contributed by atoms with Gasteiger partial charge < -0.3 is 10.1 Å². The van der Waals surface area contributed by atoms with Crippen LogP contribution in [0.4, 0.5) is 0 Å². The summed E-state index contributed by atoms with van der Waals surface area (Å²) in [5.41, 5.74) is 3.31. The van der Waals surface area contributed by atoms with E-state index in [2.05, 4.69) is 21.1 Å². The Balaban J connectivity index is 2.02. The van der Waals surface area contributed by atoms with Crippen LogP contribution in [0.3, 0.4) is 0 Å². The molecule has 98 valence electrons. The molecule has 4 heteroatoms. The molecular weight excluding hydrogens is 240 g/mol. The van der Waals surface area contributed by atoms with Gasteiger partial charge >= 0.3 is 5.97 Å². The average Bonchev–Trinajstić information content (AvgIpc) is 2.48. The molecule has 1 N–H and O–H groups in total. The van der Waals surface area contributed by atoms with Crippen LogP contribution in [0.5, 0.6) is 0 Å². The zero-order valence-electron chi connectivity index (χ0n) is 10.8. The summed E-state index contributed by atoms with van der Waals surface area (Å²) < 4.78 is 4.57. The molecule has 0 unspecified atom stereocenters. The summed E-state index contributed by atoms with van der Waals surface area (Å²) in [6.45, 7) is 0.844. The summed E-state index contributed by atoms with van der Waals surface area (Å²) in [5, 5.41) is 3.04. The average molecular weight is 256 g/mol. The third-order valence-corrected chi connectivity index (χ3v) is 2.75. The van der Waals surface area contributed by atoms with E-state index < -0.39 is 0 Å². The maximum atomic E-state index is 11.0. The van der Waals surface area contributed by atoms with Crippen molar-refractivity contribution in [3.05, 3.63) is 54.4 Å². The predicted octanol–water partition coefficient (Wildman–Crippen LogP) is 2.01. The molecule has 19 heavy (non-hydrogen) atoms. The van der Waals surface area contributed by atoms with Gasteiger partial charge in [-0.15, -0.1) is 0 Å². The number of pyridine rings is 1. The normalized spacial score (nSPS) is 10.2. The standard InChI is InChI=1S/C15H16N2O2/c1-19-15(18)11-17-9-12-4-2-5-13(8-12)14-6-3-7-16-10-14/h2-8,10,17H,9,11H2,1H3. The summed E-state index contributed by atoms with van der Waals surface area (Å²) in [7, 11) is 1.38. The molecule has 0 aliphatic heterocycles. The molecule has 0 fully saturated rings. The predicted molar refractivity (Wildman–Crippen MR) is 73.4 cm³/mol. The van der Waals surface area contributed by atoms with E-state index in [4.69, 9.17) is 0 Å². The molecule has 0 aliphatic rings. The quantitative estimate of drug-likeness (QED) is 0.831. The number of aromatic nitrogens is 1. The molecule has 0 saturated carbocycles. The summed E-state index contributed by atoms with van der Waals surface area (Å²) >= 11 is 0. The summed E-state index contributed by atoms with van der Waals surface area (Å²) in [6.07, 6.45) is 3.59. The van der Waals surface area contributed by atoms with Gasteiger partial charge in [0.05, 0.1) is 13.7 Å². The van der Waals surface area contributed by atoms with E-state index in [1.54, 1.807) is 6.20 Å². The first-order valence-corrected chi connectivity index (χ1v) is 6.06. The molecule has 0 aliphatic carbocycles. The second kappa shape index (κ2) is 6.66. The lowest BCUT2D eigenvalue weighted by molar-refractivity contribution is -0.139. The van der Waals surface area contributed by atoms with E-state index in [-0.39, 0.29) is 12.5 Å². The van der Waals surface area contributed by atoms with Crippen LogP contribution in [-0.4, -0.2) is 24.6 Å². The molecule has 1 heterocycles. The van der Waals surface area contributed by atoms with Gasteiger partial charge in [0, 0.05) is 18.9 Å². The van der Waals surface area contributed by atoms with Crippen molar-refractivity contribution in [3.8, 4) is 11.1 Å². The van der Waals surface area contributed by atoms with Crippen LogP contribution in [0.2, 0.25) is 0 Å². The van der Waals surface area contributed by atoms with Gasteiger partial charge in [0.25, 0.3) is 0 Å². The van der Waals surface area contributed by atoms with Gasteiger partial charge in [-0.3, -0.25) is 9.78 Å². The summed E-state index contributed by atoms with van der Waals surface area (Å²) in [4.78, 5) is 15.1. The van der Waals surface area contributed by atoms with Gasteiger partial charge in [-0.1, -0.05) is 24.3 Å². The topological polar surface area (TPSA) is 51.2 Å². The van der Waals surface area contributed by atoms with E-state index >= 15 is 0 Å². The van der Waals surface area contributed by atoms with Crippen molar-refractivity contribution in [2.24, 2.45) is 0 Å². The Morgan fingerprint density at radius 3 is 2.84 bits per heavy atom. The van der Waals surface area contributed by atoms with Crippen LogP contribution in [-0.2, 0) is 16.1 Å². The van der Waals surface area contributed by atoms with Gasteiger partial charge in [0.15, 0.2) is 0 Å². The fraction of sp³-hybridized carbons (Fsp3) is 0.200. The van der Waals surface area contributed by atoms with E-state index in [9.17, 15) is 4.79 Å². The van der Waals surface area contributed by atoms with Gasteiger partial charge in [-0.05, 0) is 28.8 Å². The Kier molecular flexibility index (Phi) is 4.64. The minimum Gasteiger partial charge on any atom is -0.468 e. The number of nitrogens with one attached hydrogen (secondary N) is 1. The molecule has 0 radical (unpaired) electrons. The van der Waals surface area contributed by atoms with E-state index in [1.165, 1.54) is 7.11 Å². The number of carbonyl (C=O) groups is 1. The van der Waals surface area contributed by atoms with E-state index in [1.807, 2.05) is 36.5 Å². The molecule has 0 spiro atoms. The fourth-order valence-corrected chi connectivity index (χ4v) is 1.78. The van der Waals surface area contributed by atoms with Crippen LogP contribution in [0, 0.1) is 0 Å². The zero-order chi connectivity index (χ0) is 13.5. The third-order valence-electron chi connectivity index (χ3n) is 2.75. The number of hydrogen-bond donors (Lipinski definition) is 1. The first kappa shape index (κ1) is 13.2. The van der Waals surface area contributed by atoms with Crippen molar-refractivity contribution in [2.45, 2.75) is 6.54 Å². The highest BCUT2D eigenvalue weighted by molar-refractivity contribution is 5.71. The Bertz CT molecular complexity index is 541. The molecule has 0 bridgehead atoms. The Hall–Kier alpha value is -2.20. The van der Waals surface area contributed by atoms with Gasteiger partial charge in [-0.2, -0.15) is 0 Å². The van der Waals surface area contributed by atoms with Crippen molar-refractivity contribution in [1.29, 1.82) is 0 Å². The smallest absolute Gasteiger partial charge is 0.319 e. The number of esters is 1. The van der Waals surface area contributed by atoms with Gasteiger partial charge in [-0.25, -0.2) is 0 Å². The zero-order valence-corrected chi connectivity index (χ0v) is 10.8. The van der Waals surface area contributed by atoms with E-state index in [0.717, 1.165) is 16.7 Å². The lowest BCUT2D eigenvalue weighted by Gasteiger charge is -2.06. The second-order valence-corrected chi connectivity index (χ2v) is 4.12. The van der Waals surface area contributed by atoms with Crippen LogP contribution in [0.25, 0.3) is 11.1 Å². The minimum atomic E-state index is -0.261. The van der Waals surface area contributed by atoms with Crippen molar-refractivity contribution in [3.63, 3.8) is 0 Å². The summed E-state index contributed by atoms with van der Waals surface area (Å²) in [5.74, 6) is -0.261. The first-order valence-electron chi connectivity index (χ1n) is 6.06. The third kappa shape index (κ3) is 3.89. The lowest BCUT2D eigenvalue weighted by Crippen LogP contribution is -2.23. The molecule has 0 amide bonds. The van der Waals surface area contributed by atoms with Crippen molar-refractivity contribution < 1.29 is 9.53 Å². The van der Waals surface area contributed by atoms with E-state index in [0.29, 0.717) is 6.54 Å². The highest BCUT2D eigenvalue weighted by Gasteiger charge is 2.01. The van der Waals surface area contributed by atoms with Crippen LogP contribution in [0.1, 0.15) is 5.56 Å². The van der Waals surface area contributed by atoms with Crippen LogP contribution < -0.4 is 5.32 Å². The van der Waals surface area contributed by atoms with Crippen molar-refractivity contribution in [2.75, 3.05) is 13.7 Å². The SMILES string of the molecule is COC(=O)CNCc1cccc(-c2cccnc2)c1. The highest BCUT2D eigenvalue weighted by atomic mass is 16.5. The molecular formula is C15H16N2O2. The number of methoxy groups -OCH3 is 1. The molecule has 2 rings (SSSR count). The molecule has 1 aromatic carbocycles. The van der Waals surface area contributed by atoms with Crippen LogP contribution >= 0.6 is 0 Å². The minimum absolute atomic E-state index is 0.216. The first-order chi connectivity index (χ1) is 9.29. The number of ether oxygens (including phenoxy) is 1. The summed E-state index contributed by atoms with van der Waals surface area (Å²) in [6, 6.07) is 12.1. The monoisotopic (exact) mass is 256 g/mol. The number of carbonyl (C=O) groups excluding carboxylic acids is 1. The molecule has 4 nitrogen and oxygen atoms in total. The number of benzene rings is 1.